The molecule has 1 fully saturated rings. The van der Waals surface area contributed by atoms with Crippen molar-refractivity contribution < 1.29 is 9.90 Å². The fourth-order valence-electron chi connectivity index (χ4n) is 3.24. The maximum Gasteiger partial charge on any atom is 0.324 e. The molecule has 0 bridgehead atoms. The first-order valence-electron chi connectivity index (χ1n) is 7.61. The Hall–Kier alpha value is -1.36. The predicted molar refractivity (Wildman–Crippen MR) is 77.6 cm³/mol. The van der Waals surface area contributed by atoms with Gasteiger partial charge in [-0.1, -0.05) is 13.8 Å². The molecule has 0 amide bonds. The van der Waals surface area contributed by atoms with Crippen molar-refractivity contribution >= 4 is 5.97 Å². The van der Waals surface area contributed by atoms with Crippen LogP contribution < -0.4 is 0 Å². The third-order valence-corrected chi connectivity index (χ3v) is 4.54. The lowest BCUT2D eigenvalue weighted by Crippen LogP contribution is -2.49. The van der Waals surface area contributed by atoms with E-state index in [2.05, 4.69) is 29.9 Å². The molecule has 112 valence electrons. The van der Waals surface area contributed by atoms with Crippen LogP contribution in [0.15, 0.2) is 6.07 Å². The van der Waals surface area contributed by atoms with Crippen molar-refractivity contribution in [3.8, 4) is 0 Å². The molecule has 1 aliphatic heterocycles. The second-order valence-electron chi connectivity index (χ2n) is 5.51. The summed E-state index contributed by atoms with van der Waals surface area (Å²) in [5.74, 6) is -0.684. The largest absolute Gasteiger partial charge is 0.480 e. The minimum atomic E-state index is -0.685. The predicted octanol–water partition coefficient (Wildman–Crippen LogP) is 2.29. The second kappa shape index (κ2) is 5.95. The monoisotopic (exact) mass is 279 g/mol. The van der Waals surface area contributed by atoms with Crippen molar-refractivity contribution in [1.29, 1.82) is 0 Å². The summed E-state index contributed by atoms with van der Waals surface area (Å²) in [5, 5.41) is 14.2. The van der Waals surface area contributed by atoms with Crippen molar-refractivity contribution in [3.05, 3.63) is 17.5 Å². The van der Waals surface area contributed by atoms with Crippen molar-refractivity contribution in [1.82, 2.24) is 14.7 Å². The van der Waals surface area contributed by atoms with Crippen LogP contribution in [0.1, 0.15) is 51.4 Å². The van der Waals surface area contributed by atoms with Crippen LogP contribution >= 0.6 is 0 Å². The van der Waals surface area contributed by atoms with Crippen molar-refractivity contribution in [2.75, 3.05) is 6.54 Å². The summed E-state index contributed by atoms with van der Waals surface area (Å²) in [6.07, 6.45) is 3.28. The highest BCUT2D eigenvalue weighted by Gasteiger charge is 2.46. The van der Waals surface area contributed by atoms with Crippen LogP contribution in [0, 0.1) is 0 Å². The Kier molecular flexibility index (Phi) is 4.48. The lowest BCUT2D eigenvalue weighted by Gasteiger charge is -2.33. The fourth-order valence-corrected chi connectivity index (χ4v) is 3.24. The van der Waals surface area contributed by atoms with Gasteiger partial charge >= 0.3 is 5.97 Å². The smallest absolute Gasteiger partial charge is 0.324 e. The van der Waals surface area contributed by atoms with Crippen LogP contribution in [0.3, 0.4) is 0 Å². The summed E-state index contributed by atoms with van der Waals surface area (Å²) in [4.78, 5) is 13.8. The van der Waals surface area contributed by atoms with Gasteiger partial charge in [0.15, 0.2) is 0 Å². The second-order valence-corrected chi connectivity index (χ2v) is 5.51. The number of hydrogen-bond donors (Lipinski definition) is 1. The highest BCUT2D eigenvalue weighted by Crippen LogP contribution is 2.34. The van der Waals surface area contributed by atoms with Crippen LogP contribution in [0.4, 0.5) is 0 Å². The highest BCUT2D eigenvalue weighted by atomic mass is 16.4. The summed E-state index contributed by atoms with van der Waals surface area (Å²) in [6.45, 7) is 8.51. The number of nitrogens with zero attached hydrogens (tertiary/aromatic N) is 3. The van der Waals surface area contributed by atoms with Gasteiger partial charge in [0.1, 0.15) is 5.54 Å². The molecule has 20 heavy (non-hydrogen) atoms. The molecule has 0 spiro atoms. The molecular weight excluding hydrogens is 254 g/mol. The summed E-state index contributed by atoms with van der Waals surface area (Å²) in [7, 11) is 0. The molecule has 5 heteroatoms. The first-order chi connectivity index (χ1) is 9.57. The third kappa shape index (κ3) is 2.46. The van der Waals surface area contributed by atoms with Gasteiger partial charge in [-0.2, -0.15) is 5.10 Å². The van der Waals surface area contributed by atoms with Gasteiger partial charge in [0.2, 0.25) is 0 Å². The van der Waals surface area contributed by atoms with Crippen molar-refractivity contribution in [2.45, 2.75) is 65.1 Å². The zero-order valence-electron chi connectivity index (χ0n) is 12.7. The first-order valence-corrected chi connectivity index (χ1v) is 7.61. The molecule has 1 atom stereocenters. The van der Waals surface area contributed by atoms with Gasteiger partial charge in [-0.15, -0.1) is 0 Å². The number of aromatic nitrogens is 2. The Morgan fingerprint density at radius 1 is 1.45 bits per heavy atom. The minimum absolute atomic E-state index is 0.656. The van der Waals surface area contributed by atoms with E-state index < -0.39 is 11.5 Å². The zero-order chi connectivity index (χ0) is 14.8. The number of aryl methyl sites for hydroxylation is 2. The maximum atomic E-state index is 11.7. The van der Waals surface area contributed by atoms with Crippen LogP contribution in [0.5, 0.6) is 0 Å². The summed E-state index contributed by atoms with van der Waals surface area (Å²) >= 11 is 0. The van der Waals surface area contributed by atoms with Crippen LogP contribution in [0.25, 0.3) is 0 Å². The Labute approximate surface area is 120 Å². The van der Waals surface area contributed by atoms with Crippen molar-refractivity contribution in [2.24, 2.45) is 0 Å². The zero-order valence-corrected chi connectivity index (χ0v) is 12.7. The molecular formula is C15H25N3O2. The average Bonchev–Trinajstić information content (AvgIpc) is 3.03. The topological polar surface area (TPSA) is 58.4 Å². The molecule has 5 nitrogen and oxygen atoms in total. The summed E-state index contributed by atoms with van der Waals surface area (Å²) in [5.41, 5.74) is 1.53. The number of hydrogen-bond acceptors (Lipinski definition) is 3. The standard InChI is InChI=1S/C15H25N3O2/c1-4-12-10-13(18(6-3)16-12)11-17-9-7-8-15(17,5-2)14(19)20/h10H,4-9,11H2,1-3H3,(H,19,20). The number of carbonyl (C=O) groups is 1. The SMILES string of the molecule is CCc1cc(CN2CCCC2(CC)C(=O)O)n(CC)n1. The van der Waals surface area contributed by atoms with E-state index >= 15 is 0 Å². The molecule has 1 aromatic rings. The Bertz CT molecular complexity index is 483. The van der Waals surface area contributed by atoms with Gasteiger partial charge in [0.25, 0.3) is 0 Å². The number of carboxylic acid groups (broad SMARTS) is 1. The normalized spacial score (nSPS) is 23.4. The van der Waals surface area contributed by atoms with E-state index in [9.17, 15) is 9.90 Å². The quantitative estimate of drug-likeness (QED) is 0.868. The van der Waals surface area contributed by atoms with E-state index in [1.165, 1.54) is 0 Å². The molecule has 1 N–H and O–H groups in total. The molecule has 1 aromatic heterocycles. The van der Waals surface area contributed by atoms with Crippen LogP contribution in [-0.4, -0.2) is 37.8 Å². The van der Waals surface area contributed by atoms with E-state index in [4.69, 9.17) is 0 Å². The Morgan fingerprint density at radius 2 is 2.20 bits per heavy atom. The Morgan fingerprint density at radius 3 is 2.75 bits per heavy atom. The van der Waals surface area contributed by atoms with Crippen LogP contribution in [-0.2, 0) is 24.3 Å². The molecule has 0 aromatic carbocycles. The molecule has 1 saturated heterocycles. The molecule has 1 unspecified atom stereocenters. The third-order valence-electron chi connectivity index (χ3n) is 4.54. The van der Waals surface area contributed by atoms with Crippen LogP contribution in [0.2, 0.25) is 0 Å². The van der Waals surface area contributed by atoms with Gasteiger partial charge < -0.3 is 5.11 Å². The summed E-state index contributed by atoms with van der Waals surface area (Å²) < 4.78 is 2.00. The van der Waals surface area contributed by atoms with E-state index in [1.54, 1.807) is 0 Å². The molecule has 0 aliphatic carbocycles. The number of rotatable bonds is 6. The molecule has 2 heterocycles. The molecule has 0 saturated carbocycles. The molecule has 0 radical (unpaired) electrons. The number of likely N-dealkylation sites (tertiary alicyclic amines) is 1. The van der Waals surface area contributed by atoms with Gasteiger partial charge in [0.05, 0.1) is 11.4 Å². The first kappa shape index (κ1) is 15.0. The number of aliphatic carboxylic acids is 1. The van der Waals surface area contributed by atoms with E-state index in [-0.39, 0.29) is 0 Å². The summed E-state index contributed by atoms with van der Waals surface area (Å²) in [6, 6.07) is 2.12. The maximum absolute atomic E-state index is 11.7. The Balaban J connectivity index is 2.24. The lowest BCUT2D eigenvalue weighted by molar-refractivity contribution is -0.150. The fraction of sp³-hybridized carbons (Fsp3) is 0.733. The van der Waals surface area contributed by atoms with Gasteiger partial charge in [-0.25, -0.2) is 0 Å². The minimum Gasteiger partial charge on any atom is -0.480 e. The van der Waals surface area contributed by atoms with Gasteiger partial charge in [-0.3, -0.25) is 14.4 Å². The number of carboxylic acids is 1. The molecule has 2 rings (SSSR count). The van der Waals surface area contributed by atoms with Gasteiger partial charge in [-0.05, 0) is 45.2 Å². The molecule has 1 aliphatic rings. The lowest BCUT2D eigenvalue weighted by atomic mass is 9.93. The average molecular weight is 279 g/mol. The highest BCUT2D eigenvalue weighted by molar-refractivity contribution is 5.79. The van der Waals surface area contributed by atoms with E-state index in [0.29, 0.717) is 13.0 Å². The van der Waals surface area contributed by atoms with Gasteiger partial charge in [0, 0.05) is 13.1 Å². The van der Waals surface area contributed by atoms with E-state index in [1.807, 2.05) is 11.6 Å². The van der Waals surface area contributed by atoms with Crippen molar-refractivity contribution in [3.63, 3.8) is 0 Å². The van der Waals surface area contributed by atoms with E-state index in [0.717, 1.165) is 43.7 Å².